The van der Waals surface area contributed by atoms with Gasteiger partial charge in [0.25, 0.3) is 5.56 Å². The number of H-pyrrole nitrogens is 1. The van der Waals surface area contributed by atoms with Crippen LogP contribution in [0.2, 0.25) is 0 Å². The maximum Gasteiger partial charge on any atom is 0.330 e. The van der Waals surface area contributed by atoms with E-state index in [1.165, 1.54) is 16.3 Å². The van der Waals surface area contributed by atoms with Gasteiger partial charge in [0.1, 0.15) is 17.9 Å². The van der Waals surface area contributed by atoms with E-state index in [0.717, 1.165) is 16.7 Å². The Labute approximate surface area is 167 Å². The van der Waals surface area contributed by atoms with Crippen molar-refractivity contribution in [2.75, 3.05) is 6.61 Å². The van der Waals surface area contributed by atoms with Gasteiger partial charge in [-0.05, 0) is 56.4 Å². The third-order valence-electron chi connectivity index (χ3n) is 4.89. The van der Waals surface area contributed by atoms with Crippen LogP contribution >= 0.6 is 12.9 Å². The van der Waals surface area contributed by atoms with Gasteiger partial charge in [0.15, 0.2) is 0 Å². The summed E-state index contributed by atoms with van der Waals surface area (Å²) in [6.07, 6.45) is -0.572. The van der Waals surface area contributed by atoms with E-state index in [4.69, 9.17) is 8.92 Å². The number of aromatic amines is 1. The van der Waals surface area contributed by atoms with Crippen LogP contribution in [-0.4, -0.2) is 33.5 Å². The Bertz CT molecular complexity index is 1060. The number of nitrogens with zero attached hydrogens (tertiary/aromatic N) is 1. The third-order valence-corrected chi connectivity index (χ3v) is 5.04. The Kier molecular flexibility index (Phi) is 6.10. The lowest BCUT2D eigenvalue weighted by Gasteiger charge is -2.15. The number of aliphatic hydroxyl groups excluding tert-OH is 1. The minimum Gasteiger partial charge on any atom is -0.390 e. The molecule has 1 saturated heterocycles. The summed E-state index contributed by atoms with van der Waals surface area (Å²) in [5.74, 6) is 5.85. The van der Waals surface area contributed by atoms with Crippen LogP contribution < -0.4 is 11.2 Å². The van der Waals surface area contributed by atoms with Crippen molar-refractivity contribution >= 4 is 12.9 Å². The molecular weight excluding hydrogens is 380 g/mol. The second kappa shape index (κ2) is 8.37. The number of hydrogen-bond donors (Lipinski definition) is 3. The zero-order chi connectivity index (χ0) is 20.4. The molecule has 0 amide bonds. The number of aromatic nitrogens is 2. The molecule has 2 N–H and O–H groups in total. The average Bonchev–Trinajstić information content (AvgIpc) is 2.99. The summed E-state index contributed by atoms with van der Waals surface area (Å²) >= 11 is 3.66. The predicted molar refractivity (Wildman–Crippen MR) is 107 cm³/mol. The van der Waals surface area contributed by atoms with Crippen LogP contribution in [0, 0.1) is 32.6 Å². The van der Waals surface area contributed by atoms with Crippen LogP contribution in [0.4, 0.5) is 0 Å². The molecule has 1 fully saturated rings. The van der Waals surface area contributed by atoms with E-state index < -0.39 is 29.7 Å². The summed E-state index contributed by atoms with van der Waals surface area (Å²) in [6, 6.07) is 4.02. The van der Waals surface area contributed by atoms with Gasteiger partial charge in [-0.15, -0.1) is 0 Å². The second-order valence-corrected chi connectivity index (χ2v) is 7.20. The topological polar surface area (TPSA) is 93.6 Å². The quantitative estimate of drug-likeness (QED) is 0.410. The summed E-state index contributed by atoms with van der Waals surface area (Å²) in [6.45, 7) is 6.07. The molecule has 3 rings (SSSR count). The fourth-order valence-corrected chi connectivity index (χ4v) is 3.27. The van der Waals surface area contributed by atoms with Crippen LogP contribution in [0.15, 0.2) is 27.9 Å². The van der Waals surface area contributed by atoms with Crippen molar-refractivity contribution in [1.82, 2.24) is 9.55 Å². The maximum atomic E-state index is 12.2. The first-order valence-electron chi connectivity index (χ1n) is 8.85. The second-order valence-electron chi connectivity index (χ2n) is 6.94. The highest BCUT2D eigenvalue weighted by Gasteiger charge is 2.35. The molecule has 0 saturated carbocycles. The Morgan fingerprint density at radius 3 is 2.61 bits per heavy atom. The van der Waals surface area contributed by atoms with E-state index in [1.54, 1.807) is 0 Å². The van der Waals surface area contributed by atoms with Crippen LogP contribution in [0.3, 0.4) is 0 Å². The van der Waals surface area contributed by atoms with Crippen LogP contribution in [0.5, 0.6) is 0 Å². The SMILES string of the molecule is Cc1cc(C)c(C#Cc2cn(C3C[C@@H](O)C(COS)O3)c(=O)[nH]c2=O)cc1C. The summed E-state index contributed by atoms with van der Waals surface area (Å²) in [7, 11) is 0. The zero-order valence-electron chi connectivity index (χ0n) is 15.9. The van der Waals surface area contributed by atoms with Crippen molar-refractivity contribution in [3.05, 3.63) is 67.0 Å². The van der Waals surface area contributed by atoms with Crippen LogP contribution in [0.1, 0.15) is 40.5 Å². The first-order valence-corrected chi connectivity index (χ1v) is 9.22. The number of aryl methyl sites for hydroxylation is 3. The van der Waals surface area contributed by atoms with Gasteiger partial charge >= 0.3 is 5.69 Å². The summed E-state index contributed by atoms with van der Waals surface area (Å²) in [4.78, 5) is 26.6. The minimum absolute atomic E-state index is 0.0809. The van der Waals surface area contributed by atoms with Gasteiger partial charge in [-0.25, -0.2) is 4.79 Å². The van der Waals surface area contributed by atoms with Gasteiger partial charge in [-0.3, -0.25) is 14.3 Å². The molecule has 0 aliphatic carbocycles. The van der Waals surface area contributed by atoms with E-state index in [-0.39, 0.29) is 18.6 Å². The number of rotatable bonds is 3. The molecule has 2 aromatic rings. The van der Waals surface area contributed by atoms with E-state index >= 15 is 0 Å². The van der Waals surface area contributed by atoms with Crippen LogP contribution in [-0.2, 0) is 8.92 Å². The molecule has 0 bridgehead atoms. The van der Waals surface area contributed by atoms with Crippen molar-refractivity contribution in [3.8, 4) is 11.8 Å². The predicted octanol–water partition coefficient (Wildman–Crippen LogP) is 1.37. The van der Waals surface area contributed by atoms with Gasteiger partial charge in [0.05, 0.1) is 12.7 Å². The summed E-state index contributed by atoms with van der Waals surface area (Å²) < 4.78 is 11.6. The van der Waals surface area contributed by atoms with Crippen LogP contribution in [0.25, 0.3) is 0 Å². The molecular formula is C20H22N2O5S. The molecule has 148 valence electrons. The van der Waals surface area contributed by atoms with E-state index in [2.05, 4.69) is 29.7 Å². The van der Waals surface area contributed by atoms with Gasteiger partial charge in [0, 0.05) is 18.2 Å². The minimum atomic E-state index is -0.802. The Balaban J connectivity index is 1.95. The maximum absolute atomic E-state index is 12.2. The average molecular weight is 402 g/mol. The monoisotopic (exact) mass is 402 g/mol. The van der Waals surface area contributed by atoms with E-state index in [0.29, 0.717) is 0 Å². The lowest BCUT2D eigenvalue weighted by molar-refractivity contribution is -0.0376. The fourth-order valence-electron chi connectivity index (χ4n) is 3.13. The highest BCUT2D eigenvalue weighted by Crippen LogP contribution is 2.27. The molecule has 1 aromatic carbocycles. The molecule has 1 aliphatic rings. The molecule has 0 radical (unpaired) electrons. The number of ether oxygens (including phenoxy) is 1. The first-order chi connectivity index (χ1) is 13.3. The number of nitrogens with one attached hydrogen (secondary N) is 1. The summed E-state index contributed by atoms with van der Waals surface area (Å²) in [5, 5.41) is 10.0. The molecule has 3 atom stereocenters. The van der Waals surface area contributed by atoms with Gasteiger partial charge in [0.2, 0.25) is 0 Å². The smallest absolute Gasteiger partial charge is 0.330 e. The molecule has 7 nitrogen and oxygen atoms in total. The number of thiol groups is 1. The Morgan fingerprint density at radius 2 is 1.89 bits per heavy atom. The van der Waals surface area contributed by atoms with Crippen molar-refractivity contribution < 1.29 is 14.0 Å². The van der Waals surface area contributed by atoms with E-state index in [9.17, 15) is 14.7 Å². The molecule has 1 aromatic heterocycles. The number of benzene rings is 1. The Hall–Kier alpha value is -2.31. The number of aliphatic hydroxyl groups is 1. The lowest BCUT2D eigenvalue weighted by atomic mass is 10.0. The zero-order valence-corrected chi connectivity index (χ0v) is 16.7. The lowest BCUT2D eigenvalue weighted by Crippen LogP contribution is -2.33. The van der Waals surface area contributed by atoms with Gasteiger partial charge < -0.3 is 14.0 Å². The molecule has 2 heterocycles. The Morgan fingerprint density at radius 1 is 1.21 bits per heavy atom. The van der Waals surface area contributed by atoms with Gasteiger partial charge in [-0.2, -0.15) is 0 Å². The largest absolute Gasteiger partial charge is 0.390 e. The molecule has 28 heavy (non-hydrogen) atoms. The van der Waals surface area contributed by atoms with Crippen molar-refractivity contribution in [2.45, 2.75) is 45.6 Å². The highest BCUT2D eigenvalue weighted by atomic mass is 32.1. The third kappa shape index (κ3) is 4.23. The van der Waals surface area contributed by atoms with Crippen molar-refractivity contribution in [3.63, 3.8) is 0 Å². The van der Waals surface area contributed by atoms with Gasteiger partial charge in [-0.1, -0.05) is 17.9 Å². The highest BCUT2D eigenvalue weighted by molar-refractivity contribution is 7.75. The molecule has 8 heteroatoms. The standard InChI is InChI=1S/C20H22N2O5S/c1-11-6-13(3)14(7-12(11)2)4-5-15-9-22(20(25)21-19(15)24)18-8-16(23)17(27-18)10-26-28/h6-7,9,16-18,23,28H,8,10H2,1-3H3,(H,21,24,25)/t16-,17?,18?/m1/s1. The van der Waals surface area contributed by atoms with Crippen molar-refractivity contribution in [1.29, 1.82) is 0 Å². The summed E-state index contributed by atoms with van der Waals surface area (Å²) in [5.41, 5.74) is 3.07. The first kappa shape index (κ1) is 20.4. The molecule has 1 aliphatic heterocycles. The number of hydrogen-bond acceptors (Lipinski definition) is 6. The fraction of sp³-hybridized carbons (Fsp3) is 0.400. The molecule has 0 spiro atoms. The normalized spacial score (nSPS) is 21.4. The van der Waals surface area contributed by atoms with Crippen molar-refractivity contribution in [2.24, 2.45) is 0 Å². The van der Waals surface area contributed by atoms with E-state index in [1.807, 2.05) is 32.9 Å². The molecule has 2 unspecified atom stereocenters.